The molecule has 1 aliphatic heterocycles. The molecule has 1 saturated heterocycles. The van der Waals surface area contributed by atoms with Crippen molar-refractivity contribution in [1.29, 1.82) is 0 Å². The molecule has 7 nitrogen and oxygen atoms in total. The van der Waals surface area contributed by atoms with Crippen molar-refractivity contribution >= 4 is 33.6 Å². The third-order valence-electron chi connectivity index (χ3n) is 2.95. The van der Waals surface area contributed by atoms with Gasteiger partial charge in [0.25, 0.3) is 15.9 Å². The van der Waals surface area contributed by atoms with Crippen LogP contribution in [-0.4, -0.2) is 42.8 Å². The summed E-state index contributed by atoms with van der Waals surface area (Å²) in [5.74, 6) is 0.109. The molecule has 1 heterocycles. The summed E-state index contributed by atoms with van der Waals surface area (Å²) in [6, 6.07) is 7.04. The van der Waals surface area contributed by atoms with Gasteiger partial charge in [0.1, 0.15) is 6.04 Å². The minimum absolute atomic E-state index is 0.0505. The molecule has 0 spiro atoms. The van der Waals surface area contributed by atoms with Crippen LogP contribution in [0.1, 0.15) is 6.92 Å². The molecule has 2 amide bonds. The van der Waals surface area contributed by atoms with Gasteiger partial charge in [0, 0.05) is 12.7 Å². The second kappa shape index (κ2) is 6.46. The number of carbonyl (C=O) groups is 2. The van der Waals surface area contributed by atoms with Crippen molar-refractivity contribution in [3.05, 3.63) is 30.3 Å². The summed E-state index contributed by atoms with van der Waals surface area (Å²) in [5, 5.41) is 0. The van der Waals surface area contributed by atoms with Crippen molar-refractivity contribution in [1.82, 2.24) is 15.2 Å². The molecule has 2 rings (SSSR count). The molecule has 114 valence electrons. The van der Waals surface area contributed by atoms with E-state index in [2.05, 4.69) is 5.43 Å². The van der Waals surface area contributed by atoms with E-state index in [-0.39, 0.29) is 10.8 Å². The van der Waals surface area contributed by atoms with E-state index in [0.717, 1.165) is 0 Å². The van der Waals surface area contributed by atoms with Crippen LogP contribution in [0, 0.1) is 0 Å². The highest BCUT2D eigenvalue weighted by molar-refractivity contribution is 7.99. The summed E-state index contributed by atoms with van der Waals surface area (Å²) < 4.78 is 23.9. The molecule has 21 heavy (non-hydrogen) atoms. The van der Waals surface area contributed by atoms with Crippen LogP contribution in [0.4, 0.5) is 0 Å². The number of thioether (sulfide) groups is 1. The molecule has 0 saturated carbocycles. The lowest BCUT2D eigenvalue weighted by Crippen LogP contribution is -2.52. The third-order valence-corrected chi connectivity index (χ3v) is 5.23. The lowest BCUT2D eigenvalue weighted by molar-refractivity contribution is -0.136. The average Bonchev–Trinajstić information content (AvgIpc) is 2.95. The Morgan fingerprint density at radius 3 is 2.57 bits per heavy atom. The van der Waals surface area contributed by atoms with Crippen LogP contribution in [0.3, 0.4) is 0 Å². The van der Waals surface area contributed by atoms with Crippen LogP contribution in [0.15, 0.2) is 35.2 Å². The molecular formula is C12H15N3O4S2. The Hall–Kier alpha value is -1.58. The normalized spacial score (nSPS) is 18.5. The van der Waals surface area contributed by atoms with Crippen LogP contribution < -0.4 is 10.3 Å². The van der Waals surface area contributed by atoms with Gasteiger partial charge in [-0.1, -0.05) is 18.2 Å². The van der Waals surface area contributed by atoms with Crippen LogP contribution in [0.2, 0.25) is 0 Å². The Kier molecular flexibility index (Phi) is 4.86. The zero-order valence-corrected chi connectivity index (χ0v) is 12.9. The largest absolute Gasteiger partial charge is 0.321 e. The summed E-state index contributed by atoms with van der Waals surface area (Å²) in [6.45, 7) is 1.38. The number of rotatable bonds is 4. The van der Waals surface area contributed by atoms with Gasteiger partial charge in [-0.05, 0) is 12.1 Å². The molecule has 2 N–H and O–H groups in total. The number of hydrogen-bond donors (Lipinski definition) is 2. The van der Waals surface area contributed by atoms with Crippen molar-refractivity contribution in [2.75, 3.05) is 11.6 Å². The monoisotopic (exact) mass is 329 g/mol. The fourth-order valence-electron chi connectivity index (χ4n) is 1.83. The van der Waals surface area contributed by atoms with Crippen molar-refractivity contribution in [2.45, 2.75) is 17.9 Å². The lowest BCUT2D eigenvalue weighted by Gasteiger charge is -2.21. The van der Waals surface area contributed by atoms with Gasteiger partial charge in [-0.25, -0.2) is 8.42 Å². The molecule has 0 aromatic heterocycles. The topological polar surface area (TPSA) is 95.6 Å². The minimum Gasteiger partial charge on any atom is -0.321 e. The first-order valence-electron chi connectivity index (χ1n) is 6.13. The molecule has 0 unspecified atom stereocenters. The summed E-state index contributed by atoms with van der Waals surface area (Å²) in [6.07, 6.45) is 0. The van der Waals surface area contributed by atoms with E-state index in [4.69, 9.17) is 0 Å². The van der Waals surface area contributed by atoms with E-state index >= 15 is 0 Å². The Balaban J connectivity index is 2.00. The summed E-state index contributed by atoms with van der Waals surface area (Å²) in [5.41, 5.74) is 2.16. The summed E-state index contributed by atoms with van der Waals surface area (Å²) in [7, 11) is -3.81. The lowest BCUT2D eigenvalue weighted by atomic mass is 10.3. The molecule has 1 atom stereocenters. The first kappa shape index (κ1) is 15.8. The van der Waals surface area contributed by atoms with Gasteiger partial charge >= 0.3 is 0 Å². The number of hydrogen-bond acceptors (Lipinski definition) is 5. The maximum Gasteiger partial charge on any atom is 0.258 e. The van der Waals surface area contributed by atoms with E-state index in [9.17, 15) is 18.0 Å². The number of nitrogens with zero attached hydrogens (tertiary/aromatic N) is 1. The Labute approximate surface area is 127 Å². The van der Waals surface area contributed by atoms with Gasteiger partial charge in [-0.15, -0.1) is 16.6 Å². The summed E-state index contributed by atoms with van der Waals surface area (Å²) in [4.78, 5) is 26.9. The smallest absolute Gasteiger partial charge is 0.258 e. The molecule has 0 aliphatic carbocycles. The van der Waals surface area contributed by atoms with Crippen molar-refractivity contribution in [3.63, 3.8) is 0 Å². The highest BCUT2D eigenvalue weighted by atomic mass is 32.2. The predicted octanol–water partition coefficient (Wildman–Crippen LogP) is -0.0825. The van der Waals surface area contributed by atoms with Gasteiger partial charge in [0.2, 0.25) is 5.91 Å². The molecular weight excluding hydrogens is 314 g/mol. The zero-order chi connectivity index (χ0) is 15.5. The molecule has 1 aliphatic rings. The van der Waals surface area contributed by atoms with Gasteiger partial charge in [-0.2, -0.15) is 0 Å². The second-order valence-corrected chi connectivity index (χ2v) is 7.09. The van der Waals surface area contributed by atoms with Crippen LogP contribution in [0.25, 0.3) is 0 Å². The average molecular weight is 329 g/mol. The molecule has 0 bridgehead atoms. The van der Waals surface area contributed by atoms with Gasteiger partial charge in [-0.3, -0.25) is 15.0 Å². The third kappa shape index (κ3) is 3.74. The van der Waals surface area contributed by atoms with E-state index in [0.29, 0.717) is 11.6 Å². The number of sulfonamides is 1. The number of carbonyl (C=O) groups excluding carboxylic acids is 2. The Bertz CT molecular complexity index is 633. The van der Waals surface area contributed by atoms with E-state index < -0.39 is 22.0 Å². The van der Waals surface area contributed by atoms with Crippen molar-refractivity contribution in [3.8, 4) is 0 Å². The highest BCUT2D eigenvalue weighted by Gasteiger charge is 2.33. The quantitative estimate of drug-likeness (QED) is 0.753. The van der Waals surface area contributed by atoms with E-state index in [1.165, 1.54) is 35.7 Å². The summed E-state index contributed by atoms with van der Waals surface area (Å²) >= 11 is 1.44. The standard InChI is InChI=1S/C12H15N3O4S2/c1-9(16)15-8-20-7-11(15)12(17)13-14-21(18,19)10-5-3-2-4-6-10/h2-6,11,14H,7-8H2,1H3,(H,13,17)/t11-/m0/s1. The molecule has 1 fully saturated rings. The fraction of sp³-hybridized carbons (Fsp3) is 0.333. The number of amides is 2. The maximum absolute atomic E-state index is 12.0. The number of benzene rings is 1. The zero-order valence-electron chi connectivity index (χ0n) is 11.3. The van der Waals surface area contributed by atoms with Gasteiger partial charge < -0.3 is 4.90 Å². The fourth-order valence-corrected chi connectivity index (χ4v) is 3.92. The Morgan fingerprint density at radius 1 is 1.29 bits per heavy atom. The molecule has 1 aromatic rings. The first-order valence-corrected chi connectivity index (χ1v) is 8.77. The molecule has 9 heteroatoms. The second-order valence-electron chi connectivity index (χ2n) is 4.41. The molecule has 1 aromatic carbocycles. The molecule has 0 radical (unpaired) electrons. The number of hydrazine groups is 1. The Morgan fingerprint density at radius 2 is 1.95 bits per heavy atom. The van der Waals surface area contributed by atoms with Crippen LogP contribution in [-0.2, 0) is 19.6 Å². The SMILES string of the molecule is CC(=O)N1CSC[C@H]1C(=O)NNS(=O)(=O)c1ccccc1. The minimum atomic E-state index is -3.81. The highest BCUT2D eigenvalue weighted by Crippen LogP contribution is 2.20. The van der Waals surface area contributed by atoms with Gasteiger partial charge in [0.15, 0.2) is 0 Å². The number of nitrogens with one attached hydrogen (secondary N) is 2. The van der Waals surface area contributed by atoms with Crippen molar-refractivity contribution in [2.24, 2.45) is 0 Å². The van der Waals surface area contributed by atoms with Crippen LogP contribution in [0.5, 0.6) is 0 Å². The van der Waals surface area contributed by atoms with Crippen molar-refractivity contribution < 1.29 is 18.0 Å². The predicted molar refractivity (Wildman–Crippen MR) is 78.5 cm³/mol. The van der Waals surface area contributed by atoms with E-state index in [1.807, 2.05) is 4.83 Å². The van der Waals surface area contributed by atoms with Gasteiger partial charge in [0.05, 0.1) is 10.8 Å². The maximum atomic E-state index is 12.0. The van der Waals surface area contributed by atoms with Crippen LogP contribution >= 0.6 is 11.8 Å². The van der Waals surface area contributed by atoms with E-state index in [1.54, 1.807) is 18.2 Å². The first-order chi connectivity index (χ1) is 9.92.